The van der Waals surface area contributed by atoms with Crippen LogP contribution in [0.15, 0.2) is 28.9 Å². The van der Waals surface area contributed by atoms with Crippen molar-refractivity contribution >= 4 is 33.1 Å². The van der Waals surface area contributed by atoms with Crippen LogP contribution >= 0.6 is 15.9 Å². The van der Waals surface area contributed by atoms with Crippen molar-refractivity contribution in [2.24, 2.45) is 7.05 Å². The number of hydrogen-bond acceptors (Lipinski definition) is 1. The van der Waals surface area contributed by atoms with Gasteiger partial charge in [-0.05, 0) is 27.4 Å². The van der Waals surface area contributed by atoms with Crippen molar-refractivity contribution in [3.63, 3.8) is 0 Å². The standard InChI is InChI=1S/C13H14BrNO/c1-9(6-7-16)10-4-3-5-11-12(14)8-15(2)13(10)11/h3-5,7-9H,6H2,1-2H3. The minimum atomic E-state index is 0.265. The number of aromatic nitrogens is 1. The Morgan fingerprint density at radius 2 is 2.25 bits per heavy atom. The van der Waals surface area contributed by atoms with Gasteiger partial charge >= 0.3 is 0 Å². The normalized spacial score (nSPS) is 12.9. The number of carbonyl (C=O) groups is 1. The molecule has 0 spiro atoms. The van der Waals surface area contributed by atoms with Crippen LogP contribution in [-0.2, 0) is 11.8 Å². The number of para-hydroxylation sites is 1. The minimum absolute atomic E-state index is 0.265. The molecule has 1 unspecified atom stereocenters. The summed E-state index contributed by atoms with van der Waals surface area (Å²) in [7, 11) is 2.03. The smallest absolute Gasteiger partial charge is 0.120 e. The predicted molar refractivity (Wildman–Crippen MR) is 69.7 cm³/mol. The van der Waals surface area contributed by atoms with Crippen LogP contribution in [0.3, 0.4) is 0 Å². The second-order valence-corrected chi connectivity index (χ2v) is 4.99. The number of benzene rings is 1. The summed E-state index contributed by atoms with van der Waals surface area (Å²) in [6.07, 6.45) is 3.62. The van der Waals surface area contributed by atoms with Crippen LogP contribution in [0.1, 0.15) is 24.8 Å². The highest BCUT2D eigenvalue weighted by Crippen LogP contribution is 2.32. The van der Waals surface area contributed by atoms with Gasteiger partial charge in [-0.15, -0.1) is 0 Å². The molecular formula is C13H14BrNO. The van der Waals surface area contributed by atoms with E-state index in [0.29, 0.717) is 6.42 Å². The van der Waals surface area contributed by atoms with Crippen LogP contribution < -0.4 is 0 Å². The Kier molecular flexibility index (Phi) is 3.15. The van der Waals surface area contributed by atoms with Crippen LogP contribution in [0.25, 0.3) is 10.9 Å². The molecule has 84 valence electrons. The van der Waals surface area contributed by atoms with E-state index < -0.39 is 0 Å². The molecule has 0 saturated heterocycles. The van der Waals surface area contributed by atoms with Crippen LogP contribution in [0.4, 0.5) is 0 Å². The summed E-state index contributed by atoms with van der Waals surface area (Å²) in [6, 6.07) is 6.24. The van der Waals surface area contributed by atoms with E-state index in [1.807, 2.05) is 13.1 Å². The Hall–Kier alpha value is -1.09. The summed E-state index contributed by atoms with van der Waals surface area (Å²) < 4.78 is 3.21. The zero-order valence-electron chi connectivity index (χ0n) is 9.40. The van der Waals surface area contributed by atoms with Gasteiger partial charge in [0.1, 0.15) is 6.29 Å². The van der Waals surface area contributed by atoms with E-state index in [2.05, 4.69) is 45.8 Å². The first-order valence-electron chi connectivity index (χ1n) is 5.32. The number of hydrogen-bond donors (Lipinski definition) is 0. The van der Waals surface area contributed by atoms with Crippen molar-refractivity contribution in [3.05, 3.63) is 34.4 Å². The Morgan fingerprint density at radius 1 is 1.50 bits per heavy atom. The van der Waals surface area contributed by atoms with E-state index >= 15 is 0 Å². The van der Waals surface area contributed by atoms with E-state index in [1.165, 1.54) is 16.5 Å². The fourth-order valence-corrected chi connectivity index (χ4v) is 2.75. The van der Waals surface area contributed by atoms with Gasteiger partial charge in [0.05, 0.1) is 5.52 Å². The molecule has 2 aromatic rings. The van der Waals surface area contributed by atoms with Crippen LogP contribution in [-0.4, -0.2) is 10.9 Å². The molecule has 1 aromatic carbocycles. The minimum Gasteiger partial charge on any atom is -0.349 e. The van der Waals surface area contributed by atoms with Gasteiger partial charge in [-0.3, -0.25) is 0 Å². The number of halogens is 1. The molecule has 2 nitrogen and oxygen atoms in total. The molecule has 0 aliphatic rings. The number of aldehydes is 1. The van der Waals surface area contributed by atoms with Crippen molar-refractivity contribution in [3.8, 4) is 0 Å². The highest BCUT2D eigenvalue weighted by atomic mass is 79.9. The molecule has 0 N–H and O–H groups in total. The van der Waals surface area contributed by atoms with Crippen molar-refractivity contribution in [1.29, 1.82) is 0 Å². The average molecular weight is 280 g/mol. The molecule has 3 heteroatoms. The molecule has 1 aromatic heterocycles. The highest BCUT2D eigenvalue weighted by Gasteiger charge is 2.13. The zero-order chi connectivity index (χ0) is 11.7. The average Bonchev–Trinajstić information content (AvgIpc) is 2.55. The fraction of sp³-hybridized carbons (Fsp3) is 0.308. The van der Waals surface area contributed by atoms with Crippen LogP contribution in [0, 0.1) is 0 Å². The van der Waals surface area contributed by atoms with Gasteiger partial charge in [0.25, 0.3) is 0 Å². The quantitative estimate of drug-likeness (QED) is 0.787. The second kappa shape index (κ2) is 4.42. The second-order valence-electron chi connectivity index (χ2n) is 4.13. The number of nitrogens with zero attached hydrogens (tertiary/aromatic N) is 1. The van der Waals surface area contributed by atoms with Crippen molar-refractivity contribution in [2.75, 3.05) is 0 Å². The van der Waals surface area contributed by atoms with Gasteiger partial charge in [0.2, 0.25) is 0 Å². The lowest BCUT2D eigenvalue weighted by Crippen LogP contribution is -1.98. The number of rotatable bonds is 3. The summed E-state index contributed by atoms with van der Waals surface area (Å²) in [4.78, 5) is 10.6. The van der Waals surface area contributed by atoms with E-state index in [9.17, 15) is 4.79 Å². The molecule has 0 radical (unpaired) electrons. The summed E-state index contributed by atoms with van der Waals surface area (Å²) in [5.74, 6) is 0.265. The van der Waals surface area contributed by atoms with Crippen LogP contribution in [0.2, 0.25) is 0 Å². The van der Waals surface area contributed by atoms with Gasteiger partial charge in [-0.1, -0.05) is 25.1 Å². The van der Waals surface area contributed by atoms with Crippen LogP contribution in [0.5, 0.6) is 0 Å². The Balaban J connectivity index is 2.65. The Bertz CT molecular complexity index is 530. The predicted octanol–water partition coefficient (Wildman–Crippen LogP) is 3.63. The molecule has 1 atom stereocenters. The summed E-state index contributed by atoms with van der Waals surface area (Å²) in [5, 5.41) is 1.21. The van der Waals surface area contributed by atoms with Gasteiger partial charge < -0.3 is 9.36 Å². The van der Waals surface area contributed by atoms with Gasteiger partial charge in [-0.25, -0.2) is 0 Å². The third kappa shape index (κ3) is 1.80. The van der Waals surface area contributed by atoms with Crippen molar-refractivity contribution < 1.29 is 4.79 Å². The molecule has 0 aliphatic heterocycles. The summed E-state index contributed by atoms with van der Waals surface area (Å²) in [5.41, 5.74) is 2.45. The van der Waals surface area contributed by atoms with Gasteiger partial charge in [0, 0.05) is 29.5 Å². The molecule has 0 aliphatic carbocycles. The molecule has 1 heterocycles. The van der Waals surface area contributed by atoms with Gasteiger partial charge in [0.15, 0.2) is 0 Å². The molecular weight excluding hydrogens is 266 g/mol. The molecule has 0 fully saturated rings. The monoisotopic (exact) mass is 279 g/mol. The van der Waals surface area contributed by atoms with Crippen molar-refractivity contribution in [2.45, 2.75) is 19.3 Å². The Morgan fingerprint density at radius 3 is 2.94 bits per heavy atom. The van der Waals surface area contributed by atoms with Gasteiger partial charge in [-0.2, -0.15) is 0 Å². The van der Waals surface area contributed by atoms with Crippen molar-refractivity contribution in [1.82, 2.24) is 4.57 Å². The molecule has 2 rings (SSSR count). The maximum atomic E-state index is 10.6. The van der Waals surface area contributed by atoms with E-state index in [-0.39, 0.29) is 5.92 Å². The third-order valence-corrected chi connectivity index (χ3v) is 3.60. The number of aryl methyl sites for hydroxylation is 1. The van der Waals surface area contributed by atoms with E-state index in [0.717, 1.165) is 10.8 Å². The highest BCUT2D eigenvalue weighted by molar-refractivity contribution is 9.10. The summed E-state index contributed by atoms with van der Waals surface area (Å²) >= 11 is 3.55. The lowest BCUT2D eigenvalue weighted by molar-refractivity contribution is -0.108. The molecule has 0 saturated carbocycles. The lowest BCUT2D eigenvalue weighted by atomic mass is 9.96. The third-order valence-electron chi connectivity index (χ3n) is 2.96. The first-order chi connectivity index (χ1) is 7.65. The lowest BCUT2D eigenvalue weighted by Gasteiger charge is -2.11. The first kappa shape index (κ1) is 11.4. The maximum absolute atomic E-state index is 10.6. The first-order valence-corrected chi connectivity index (χ1v) is 6.11. The largest absolute Gasteiger partial charge is 0.349 e. The molecule has 0 amide bonds. The molecule has 0 bridgehead atoms. The summed E-state index contributed by atoms with van der Waals surface area (Å²) in [6.45, 7) is 2.09. The molecule has 16 heavy (non-hydrogen) atoms. The maximum Gasteiger partial charge on any atom is 0.120 e. The Labute approximate surface area is 103 Å². The fourth-order valence-electron chi connectivity index (χ4n) is 2.12. The van der Waals surface area contributed by atoms with E-state index in [1.54, 1.807) is 0 Å². The van der Waals surface area contributed by atoms with E-state index in [4.69, 9.17) is 0 Å². The number of fused-ring (bicyclic) bond motifs is 1. The topological polar surface area (TPSA) is 22.0 Å². The zero-order valence-corrected chi connectivity index (χ0v) is 11.0. The SMILES string of the molecule is CC(CC=O)c1cccc2c(Br)cn(C)c12. The number of carbonyl (C=O) groups excluding carboxylic acids is 1.